The molecule has 0 spiro atoms. The van der Waals surface area contributed by atoms with Crippen LogP contribution in [-0.2, 0) is 6.18 Å². The van der Waals surface area contributed by atoms with Crippen LogP contribution < -0.4 is 9.47 Å². The maximum Gasteiger partial charge on any atom is 0.433 e. The lowest BCUT2D eigenvalue weighted by Gasteiger charge is -2.39. The summed E-state index contributed by atoms with van der Waals surface area (Å²) in [6, 6.07) is 25.7. The SMILES string of the molecule is COc1ccc(-c2cc(C(F)(F)F)n3nc(C(=O)N4CCN(C(c5ccccc5)c5ccccc5)CC4)c(Cl)c3n2)cc1OC. The van der Waals surface area contributed by atoms with Crippen LogP contribution in [0, 0.1) is 0 Å². The topological polar surface area (TPSA) is 72.2 Å². The second kappa shape index (κ2) is 12.4. The number of carbonyl (C=O) groups excluding carboxylic acids is 1. The van der Waals surface area contributed by atoms with E-state index < -0.39 is 17.8 Å². The molecule has 2 aromatic heterocycles. The van der Waals surface area contributed by atoms with E-state index in [0.29, 0.717) is 47.8 Å². The normalized spacial score (nSPS) is 14.2. The highest BCUT2D eigenvalue weighted by molar-refractivity contribution is 6.36. The zero-order valence-corrected chi connectivity index (χ0v) is 25.2. The number of piperazine rings is 1. The standard InChI is InChI=1S/C33H29ClF3N5O3/c1-44-25-14-13-23(19-26(25)45-2)24-20-27(33(35,36)37)42-31(38-24)28(34)29(39-42)32(43)41-17-15-40(16-18-41)30(21-9-5-3-6-10-21)22-11-7-4-8-12-22/h3-14,19-20,30H,15-18H2,1-2H3. The molecule has 1 saturated heterocycles. The van der Waals surface area contributed by atoms with E-state index in [1.54, 1.807) is 17.0 Å². The molecule has 3 heterocycles. The van der Waals surface area contributed by atoms with E-state index in [4.69, 9.17) is 21.1 Å². The zero-order chi connectivity index (χ0) is 31.7. The number of nitrogens with zero attached hydrogens (tertiary/aromatic N) is 5. The van der Waals surface area contributed by atoms with Gasteiger partial charge in [0.1, 0.15) is 5.02 Å². The van der Waals surface area contributed by atoms with Crippen LogP contribution in [0.3, 0.4) is 0 Å². The van der Waals surface area contributed by atoms with Crippen LogP contribution in [0.1, 0.15) is 33.4 Å². The number of hydrogen-bond acceptors (Lipinski definition) is 6. The third kappa shape index (κ3) is 5.93. The van der Waals surface area contributed by atoms with Crippen molar-refractivity contribution in [3.63, 3.8) is 0 Å². The summed E-state index contributed by atoms with van der Waals surface area (Å²) in [6.07, 6.45) is -4.81. The van der Waals surface area contributed by atoms with Crippen molar-refractivity contribution in [3.8, 4) is 22.8 Å². The van der Waals surface area contributed by atoms with E-state index in [2.05, 4.69) is 39.2 Å². The van der Waals surface area contributed by atoms with E-state index >= 15 is 0 Å². The largest absolute Gasteiger partial charge is 0.493 e. The number of aromatic nitrogens is 3. The number of benzene rings is 3. The highest BCUT2D eigenvalue weighted by Gasteiger charge is 2.38. The van der Waals surface area contributed by atoms with Gasteiger partial charge >= 0.3 is 6.18 Å². The van der Waals surface area contributed by atoms with Gasteiger partial charge < -0.3 is 14.4 Å². The first-order chi connectivity index (χ1) is 21.7. The fourth-order valence-corrected chi connectivity index (χ4v) is 5.93. The molecule has 3 aromatic carbocycles. The number of alkyl halides is 3. The number of amides is 1. The Morgan fingerprint density at radius 3 is 2.00 bits per heavy atom. The van der Waals surface area contributed by atoms with Crippen molar-refractivity contribution >= 4 is 23.2 Å². The van der Waals surface area contributed by atoms with Gasteiger partial charge in [-0.15, -0.1) is 0 Å². The van der Waals surface area contributed by atoms with Crippen LogP contribution in [0.2, 0.25) is 5.02 Å². The molecule has 5 aromatic rings. The Morgan fingerprint density at radius 2 is 1.44 bits per heavy atom. The van der Waals surface area contributed by atoms with E-state index in [1.165, 1.54) is 20.3 Å². The minimum absolute atomic E-state index is 0.0157. The van der Waals surface area contributed by atoms with Gasteiger partial charge in [-0.2, -0.15) is 18.3 Å². The number of hydrogen-bond donors (Lipinski definition) is 0. The quantitative estimate of drug-likeness (QED) is 0.200. The second-order valence-corrected chi connectivity index (χ2v) is 10.9. The molecule has 1 amide bonds. The third-order valence-corrected chi connectivity index (χ3v) is 8.25. The first-order valence-electron chi connectivity index (χ1n) is 14.2. The highest BCUT2D eigenvalue weighted by Crippen LogP contribution is 2.37. The first kappa shape index (κ1) is 30.4. The lowest BCUT2D eigenvalue weighted by molar-refractivity contribution is -0.142. The number of carbonyl (C=O) groups is 1. The van der Waals surface area contributed by atoms with Crippen LogP contribution in [0.15, 0.2) is 84.9 Å². The lowest BCUT2D eigenvalue weighted by Crippen LogP contribution is -2.50. The Hall–Kier alpha value is -4.61. The molecule has 45 heavy (non-hydrogen) atoms. The van der Waals surface area contributed by atoms with Crippen LogP contribution >= 0.6 is 11.6 Å². The smallest absolute Gasteiger partial charge is 0.433 e. The van der Waals surface area contributed by atoms with Gasteiger partial charge in [-0.1, -0.05) is 72.3 Å². The van der Waals surface area contributed by atoms with Crippen molar-refractivity contribution in [2.75, 3.05) is 40.4 Å². The van der Waals surface area contributed by atoms with Gasteiger partial charge in [0.2, 0.25) is 0 Å². The zero-order valence-electron chi connectivity index (χ0n) is 24.5. The molecule has 1 fully saturated rings. The van der Waals surface area contributed by atoms with Crippen LogP contribution in [0.4, 0.5) is 13.2 Å². The molecule has 1 aliphatic heterocycles. The molecular weight excluding hydrogens is 607 g/mol. The van der Waals surface area contributed by atoms with Gasteiger partial charge in [-0.3, -0.25) is 9.69 Å². The van der Waals surface area contributed by atoms with E-state index in [1.807, 2.05) is 36.4 Å². The maximum absolute atomic E-state index is 14.3. The number of rotatable bonds is 7. The minimum atomic E-state index is -4.81. The van der Waals surface area contributed by atoms with Crippen LogP contribution in [0.25, 0.3) is 16.9 Å². The molecule has 0 atom stereocenters. The van der Waals surface area contributed by atoms with Gasteiger partial charge in [0.25, 0.3) is 5.91 Å². The summed E-state index contributed by atoms with van der Waals surface area (Å²) < 4.78 is 54.0. The minimum Gasteiger partial charge on any atom is -0.493 e. The molecule has 0 unspecified atom stereocenters. The summed E-state index contributed by atoms with van der Waals surface area (Å²) in [5.41, 5.74) is 0.913. The Balaban J connectivity index is 1.30. The monoisotopic (exact) mass is 635 g/mol. The van der Waals surface area contributed by atoms with Crippen molar-refractivity contribution < 1.29 is 27.4 Å². The molecule has 232 valence electrons. The molecule has 0 N–H and O–H groups in total. The van der Waals surface area contributed by atoms with Crippen LogP contribution in [-0.4, -0.2) is 70.7 Å². The van der Waals surface area contributed by atoms with Gasteiger partial charge in [-0.05, 0) is 35.4 Å². The maximum atomic E-state index is 14.3. The lowest BCUT2D eigenvalue weighted by atomic mass is 9.96. The Kier molecular flexibility index (Phi) is 8.39. The fraction of sp³-hybridized carbons (Fsp3) is 0.242. The molecule has 6 rings (SSSR count). The van der Waals surface area contributed by atoms with Crippen molar-refractivity contribution in [1.29, 1.82) is 0 Å². The molecule has 0 bridgehead atoms. The van der Waals surface area contributed by atoms with Gasteiger partial charge in [0.15, 0.2) is 28.5 Å². The van der Waals surface area contributed by atoms with Crippen molar-refractivity contribution in [1.82, 2.24) is 24.4 Å². The summed E-state index contributed by atoms with van der Waals surface area (Å²) >= 11 is 6.58. The molecular formula is C33H29ClF3N5O3. The Morgan fingerprint density at radius 1 is 0.844 bits per heavy atom. The third-order valence-electron chi connectivity index (χ3n) is 7.90. The van der Waals surface area contributed by atoms with E-state index in [0.717, 1.165) is 17.2 Å². The molecule has 1 aliphatic rings. The van der Waals surface area contributed by atoms with Gasteiger partial charge in [0, 0.05) is 31.7 Å². The Bertz CT molecular complexity index is 1790. The molecule has 12 heteroatoms. The molecule has 0 saturated carbocycles. The number of fused-ring (bicyclic) bond motifs is 1. The van der Waals surface area contributed by atoms with Crippen molar-refractivity contribution in [2.45, 2.75) is 12.2 Å². The number of methoxy groups -OCH3 is 2. The summed E-state index contributed by atoms with van der Waals surface area (Å²) in [6.45, 7) is 1.77. The molecule has 0 radical (unpaired) electrons. The number of ether oxygens (including phenoxy) is 2. The summed E-state index contributed by atoms with van der Waals surface area (Å²) in [5, 5.41) is 3.80. The predicted octanol–water partition coefficient (Wildman–Crippen LogP) is 6.63. The van der Waals surface area contributed by atoms with E-state index in [9.17, 15) is 18.0 Å². The van der Waals surface area contributed by atoms with Gasteiger partial charge in [0.05, 0.1) is 26.0 Å². The fourth-order valence-electron chi connectivity index (χ4n) is 5.69. The molecule has 0 aliphatic carbocycles. The average molecular weight is 636 g/mol. The number of halogens is 4. The van der Waals surface area contributed by atoms with Gasteiger partial charge in [-0.25, -0.2) is 9.50 Å². The molecule has 8 nitrogen and oxygen atoms in total. The summed E-state index contributed by atoms with van der Waals surface area (Å²) in [5.74, 6) is 0.177. The van der Waals surface area contributed by atoms with E-state index in [-0.39, 0.29) is 28.1 Å². The Labute approximate surface area is 262 Å². The predicted molar refractivity (Wildman–Crippen MR) is 164 cm³/mol. The van der Waals surface area contributed by atoms with Crippen molar-refractivity contribution in [3.05, 3.63) is 112 Å². The van der Waals surface area contributed by atoms with Crippen LogP contribution in [0.5, 0.6) is 11.5 Å². The summed E-state index contributed by atoms with van der Waals surface area (Å²) in [4.78, 5) is 21.9. The van der Waals surface area contributed by atoms with Crippen molar-refractivity contribution in [2.24, 2.45) is 0 Å². The average Bonchev–Trinajstić information content (AvgIpc) is 3.40. The summed E-state index contributed by atoms with van der Waals surface area (Å²) in [7, 11) is 2.88. The second-order valence-electron chi connectivity index (χ2n) is 10.5. The first-order valence-corrected chi connectivity index (χ1v) is 14.6. The highest BCUT2D eigenvalue weighted by atomic mass is 35.5.